The van der Waals surface area contributed by atoms with Crippen LogP contribution in [0.15, 0.2) is 52.5 Å². The lowest BCUT2D eigenvalue weighted by Gasteiger charge is -2.25. The fourth-order valence-corrected chi connectivity index (χ4v) is 4.44. The fourth-order valence-electron chi connectivity index (χ4n) is 3.74. The minimum absolute atomic E-state index is 0.140. The molecule has 3 aromatic rings. The van der Waals surface area contributed by atoms with Crippen molar-refractivity contribution in [3.8, 4) is 5.75 Å². The second kappa shape index (κ2) is 9.78. The number of oxazole rings is 1. The molecule has 0 aliphatic carbocycles. The van der Waals surface area contributed by atoms with Gasteiger partial charge < -0.3 is 19.4 Å². The number of thiophene rings is 1. The summed E-state index contributed by atoms with van der Waals surface area (Å²) in [4.78, 5) is 32.8. The van der Waals surface area contributed by atoms with Crippen LogP contribution in [0.4, 0.5) is 0 Å². The van der Waals surface area contributed by atoms with Crippen molar-refractivity contribution < 1.29 is 18.7 Å². The van der Waals surface area contributed by atoms with Crippen LogP contribution in [0.5, 0.6) is 5.75 Å². The summed E-state index contributed by atoms with van der Waals surface area (Å²) < 4.78 is 11.2. The number of para-hydroxylation sites is 1. The van der Waals surface area contributed by atoms with Crippen LogP contribution in [0.1, 0.15) is 52.1 Å². The third-order valence-electron chi connectivity index (χ3n) is 5.30. The molecule has 31 heavy (non-hydrogen) atoms. The molecule has 8 heteroatoms. The van der Waals surface area contributed by atoms with Crippen LogP contribution < -0.4 is 10.1 Å². The first kappa shape index (κ1) is 21.1. The monoisotopic (exact) mass is 439 g/mol. The summed E-state index contributed by atoms with van der Waals surface area (Å²) in [5.74, 6) is 0.550. The number of hydrogen-bond donors (Lipinski definition) is 1. The third-order valence-corrected chi connectivity index (χ3v) is 6.18. The molecule has 2 aromatic heterocycles. The molecule has 1 saturated heterocycles. The van der Waals surface area contributed by atoms with E-state index in [9.17, 15) is 9.59 Å². The van der Waals surface area contributed by atoms with Crippen LogP contribution >= 0.6 is 11.3 Å². The summed E-state index contributed by atoms with van der Waals surface area (Å²) in [6.45, 7) is 1.46. The number of rotatable bonds is 7. The van der Waals surface area contributed by atoms with Crippen LogP contribution in [-0.2, 0) is 11.2 Å². The van der Waals surface area contributed by atoms with Crippen molar-refractivity contribution >= 4 is 23.2 Å². The Morgan fingerprint density at radius 1 is 1.19 bits per heavy atom. The SMILES string of the molecule is COc1ccccc1C(NC(=O)Cc1cccs1)c1nc(C(=O)N2CCCCC2)co1. The molecule has 1 fully saturated rings. The Morgan fingerprint density at radius 3 is 2.74 bits per heavy atom. The van der Waals surface area contributed by atoms with Gasteiger partial charge in [0.1, 0.15) is 18.1 Å². The van der Waals surface area contributed by atoms with E-state index < -0.39 is 6.04 Å². The zero-order valence-corrected chi connectivity index (χ0v) is 18.2. The van der Waals surface area contributed by atoms with E-state index in [4.69, 9.17) is 9.15 Å². The second-order valence-electron chi connectivity index (χ2n) is 7.42. The van der Waals surface area contributed by atoms with Gasteiger partial charge in [-0.05, 0) is 36.8 Å². The number of methoxy groups -OCH3 is 1. The molecule has 1 atom stereocenters. The molecule has 7 nitrogen and oxygen atoms in total. The number of piperidine rings is 1. The van der Waals surface area contributed by atoms with Gasteiger partial charge in [-0.2, -0.15) is 0 Å². The Kier molecular flexibility index (Phi) is 6.66. The van der Waals surface area contributed by atoms with Gasteiger partial charge in [-0.25, -0.2) is 4.98 Å². The maximum atomic E-state index is 12.8. The standard InChI is InChI=1S/C23H25N3O4S/c1-29-19-10-4-3-9-17(19)21(25-20(27)14-16-8-7-13-31-16)22-24-18(15-30-22)23(28)26-11-5-2-6-12-26/h3-4,7-10,13,15,21H,2,5-6,11-12,14H2,1H3,(H,25,27). The van der Waals surface area contributed by atoms with Gasteiger partial charge in [0.15, 0.2) is 5.69 Å². The summed E-state index contributed by atoms with van der Waals surface area (Å²) in [6, 6.07) is 10.5. The Labute approximate surface area is 185 Å². The lowest BCUT2D eigenvalue weighted by molar-refractivity contribution is -0.121. The topological polar surface area (TPSA) is 84.7 Å². The number of nitrogens with one attached hydrogen (secondary N) is 1. The van der Waals surface area contributed by atoms with Crippen molar-refractivity contribution in [3.05, 3.63) is 70.1 Å². The molecule has 1 aromatic carbocycles. The molecule has 3 heterocycles. The van der Waals surface area contributed by atoms with Crippen molar-refractivity contribution in [2.45, 2.75) is 31.7 Å². The van der Waals surface area contributed by atoms with Gasteiger partial charge in [0.05, 0.1) is 13.5 Å². The van der Waals surface area contributed by atoms with Gasteiger partial charge in [0.25, 0.3) is 5.91 Å². The molecule has 0 bridgehead atoms. The minimum Gasteiger partial charge on any atom is -0.496 e. The van der Waals surface area contributed by atoms with Gasteiger partial charge in [-0.1, -0.05) is 24.3 Å². The van der Waals surface area contributed by atoms with Gasteiger partial charge in [0, 0.05) is 23.5 Å². The fraction of sp³-hybridized carbons (Fsp3) is 0.348. The molecule has 1 N–H and O–H groups in total. The summed E-state index contributed by atoms with van der Waals surface area (Å²) in [5.41, 5.74) is 0.965. The molecule has 1 aliphatic heterocycles. The number of nitrogens with zero attached hydrogens (tertiary/aromatic N) is 2. The van der Waals surface area contributed by atoms with E-state index >= 15 is 0 Å². The average molecular weight is 440 g/mol. The number of aromatic nitrogens is 1. The number of amides is 2. The highest BCUT2D eigenvalue weighted by Crippen LogP contribution is 2.30. The molecule has 4 rings (SSSR count). The number of carbonyl (C=O) groups excluding carboxylic acids is 2. The van der Waals surface area contributed by atoms with E-state index in [2.05, 4.69) is 10.3 Å². The predicted molar refractivity (Wildman–Crippen MR) is 117 cm³/mol. The van der Waals surface area contributed by atoms with Crippen LogP contribution in [0.2, 0.25) is 0 Å². The average Bonchev–Trinajstić information content (AvgIpc) is 3.50. The Morgan fingerprint density at radius 2 is 2.00 bits per heavy atom. The predicted octanol–water partition coefficient (Wildman–Crippen LogP) is 3.82. The van der Waals surface area contributed by atoms with Crippen molar-refractivity contribution in [1.82, 2.24) is 15.2 Å². The number of benzene rings is 1. The van der Waals surface area contributed by atoms with Crippen LogP contribution in [0, 0.1) is 0 Å². The Bertz CT molecular complexity index is 1030. The summed E-state index contributed by atoms with van der Waals surface area (Å²) in [7, 11) is 1.57. The molecular formula is C23H25N3O4S. The van der Waals surface area contributed by atoms with Crippen molar-refractivity contribution in [2.24, 2.45) is 0 Å². The van der Waals surface area contributed by atoms with Crippen molar-refractivity contribution in [3.63, 3.8) is 0 Å². The molecule has 1 aliphatic rings. The molecule has 162 valence electrons. The quantitative estimate of drug-likeness (QED) is 0.605. The van der Waals surface area contributed by atoms with Crippen molar-refractivity contribution in [2.75, 3.05) is 20.2 Å². The van der Waals surface area contributed by atoms with Gasteiger partial charge in [-0.3, -0.25) is 9.59 Å². The van der Waals surface area contributed by atoms with Crippen LogP contribution in [0.3, 0.4) is 0 Å². The largest absolute Gasteiger partial charge is 0.496 e. The first-order chi connectivity index (χ1) is 15.2. The summed E-state index contributed by atoms with van der Waals surface area (Å²) in [6.07, 6.45) is 4.77. The molecule has 0 spiro atoms. The Balaban J connectivity index is 1.60. The highest BCUT2D eigenvalue weighted by atomic mass is 32.1. The highest BCUT2D eigenvalue weighted by Gasteiger charge is 2.28. The number of likely N-dealkylation sites (tertiary alicyclic amines) is 1. The van der Waals surface area contributed by atoms with Gasteiger partial charge in [-0.15, -0.1) is 11.3 Å². The van der Waals surface area contributed by atoms with Gasteiger partial charge in [0.2, 0.25) is 11.8 Å². The Hall–Kier alpha value is -3.13. The second-order valence-corrected chi connectivity index (χ2v) is 8.45. The zero-order chi connectivity index (χ0) is 21.6. The van der Waals surface area contributed by atoms with Gasteiger partial charge >= 0.3 is 0 Å². The molecule has 0 saturated carbocycles. The smallest absolute Gasteiger partial charge is 0.275 e. The van der Waals surface area contributed by atoms with Crippen molar-refractivity contribution in [1.29, 1.82) is 0 Å². The maximum absolute atomic E-state index is 12.8. The third kappa shape index (κ3) is 4.96. The number of hydrogen-bond acceptors (Lipinski definition) is 6. The molecule has 1 unspecified atom stereocenters. The molecule has 2 amide bonds. The first-order valence-electron chi connectivity index (χ1n) is 10.3. The molecular weight excluding hydrogens is 414 g/mol. The van der Waals surface area contributed by atoms with E-state index in [0.717, 1.165) is 37.2 Å². The zero-order valence-electron chi connectivity index (χ0n) is 17.4. The van der Waals surface area contributed by atoms with E-state index in [1.165, 1.54) is 17.6 Å². The van der Waals surface area contributed by atoms with E-state index in [1.54, 1.807) is 12.0 Å². The highest BCUT2D eigenvalue weighted by molar-refractivity contribution is 7.10. The lowest BCUT2D eigenvalue weighted by Crippen LogP contribution is -2.36. The summed E-state index contributed by atoms with van der Waals surface area (Å²) >= 11 is 1.53. The number of ether oxygens (including phenoxy) is 1. The molecule has 0 radical (unpaired) electrons. The first-order valence-corrected chi connectivity index (χ1v) is 11.2. The van der Waals surface area contributed by atoms with Crippen LogP contribution in [-0.4, -0.2) is 41.9 Å². The van der Waals surface area contributed by atoms with Crippen LogP contribution in [0.25, 0.3) is 0 Å². The maximum Gasteiger partial charge on any atom is 0.275 e. The van der Waals surface area contributed by atoms with E-state index in [0.29, 0.717) is 11.3 Å². The minimum atomic E-state index is -0.675. The van der Waals surface area contributed by atoms with E-state index in [-0.39, 0.29) is 29.8 Å². The normalized spacial score (nSPS) is 14.8. The summed E-state index contributed by atoms with van der Waals surface area (Å²) in [5, 5.41) is 4.94. The van der Waals surface area contributed by atoms with E-state index in [1.807, 2.05) is 41.8 Å². The lowest BCUT2D eigenvalue weighted by atomic mass is 10.1. The number of carbonyl (C=O) groups is 2.